The van der Waals surface area contributed by atoms with Crippen LogP contribution in [0, 0.1) is 5.92 Å². The lowest BCUT2D eigenvalue weighted by molar-refractivity contribution is -0.137. The first-order valence-corrected chi connectivity index (χ1v) is 13.1. The summed E-state index contributed by atoms with van der Waals surface area (Å²) < 4.78 is 0. The first-order valence-electron chi connectivity index (χ1n) is 12.3. The molecule has 2 aliphatic rings. The lowest BCUT2D eigenvalue weighted by Crippen LogP contribution is -2.51. The number of piperazine rings is 1. The number of aliphatic hydroxyl groups is 1. The van der Waals surface area contributed by atoms with Crippen molar-refractivity contribution in [3.8, 4) is 0 Å². The van der Waals surface area contributed by atoms with E-state index in [-0.39, 0.29) is 18.4 Å². The zero-order valence-corrected chi connectivity index (χ0v) is 20.4. The molecule has 1 aliphatic carbocycles. The molecule has 1 aliphatic heterocycles. The molecule has 0 bridgehead atoms. The SMILES string of the molecule is O=C(C1CCc2c(sc3ncnc(Nc4ccc5[nH]ncc5c4)c23)C1)N1CCN(CCCO)CC1. The Hall–Kier alpha value is -3.08. The van der Waals surface area contributed by atoms with Gasteiger partial charge >= 0.3 is 0 Å². The topological polar surface area (TPSA) is 110 Å². The fourth-order valence-corrected chi connectivity index (χ4v) is 6.58. The molecule has 1 fully saturated rings. The number of carbonyl (C=O) groups is 1. The summed E-state index contributed by atoms with van der Waals surface area (Å²) in [6, 6.07) is 6.09. The second-order valence-corrected chi connectivity index (χ2v) is 10.5. The van der Waals surface area contributed by atoms with Gasteiger partial charge in [-0.2, -0.15) is 5.10 Å². The third-order valence-electron chi connectivity index (χ3n) is 7.21. The molecule has 0 radical (unpaired) electrons. The molecule has 3 N–H and O–H groups in total. The van der Waals surface area contributed by atoms with E-state index in [2.05, 4.69) is 36.4 Å². The van der Waals surface area contributed by atoms with Crippen molar-refractivity contribution in [1.29, 1.82) is 0 Å². The maximum absolute atomic E-state index is 13.3. The smallest absolute Gasteiger partial charge is 0.226 e. The molecule has 0 spiro atoms. The van der Waals surface area contributed by atoms with Crippen LogP contribution >= 0.6 is 11.3 Å². The molecular formula is C25H29N7O2S. The fraction of sp³-hybridized carbons (Fsp3) is 0.440. The highest BCUT2D eigenvalue weighted by Gasteiger charge is 2.32. The summed E-state index contributed by atoms with van der Waals surface area (Å²) >= 11 is 1.70. The molecule has 1 unspecified atom stereocenters. The van der Waals surface area contributed by atoms with E-state index in [0.29, 0.717) is 0 Å². The maximum atomic E-state index is 13.3. The van der Waals surface area contributed by atoms with Crippen molar-refractivity contribution in [2.24, 2.45) is 5.92 Å². The van der Waals surface area contributed by atoms with Crippen molar-refractivity contribution in [3.05, 3.63) is 41.2 Å². The van der Waals surface area contributed by atoms with Crippen molar-refractivity contribution in [3.63, 3.8) is 0 Å². The number of aromatic amines is 1. The minimum atomic E-state index is 0.0346. The number of aliphatic hydroxyl groups excluding tert-OH is 1. The van der Waals surface area contributed by atoms with Gasteiger partial charge in [0.15, 0.2) is 0 Å². The van der Waals surface area contributed by atoms with Gasteiger partial charge in [-0.1, -0.05) is 0 Å². The summed E-state index contributed by atoms with van der Waals surface area (Å²) in [5.41, 5.74) is 3.25. The minimum absolute atomic E-state index is 0.0346. The predicted octanol–water partition coefficient (Wildman–Crippen LogP) is 2.94. The van der Waals surface area contributed by atoms with Gasteiger partial charge < -0.3 is 15.3 Å². The van der Waals surface area contributed by atoms with Gasteiger partial charge in [-0.05, 0) is 49.4 Å². The minimum Gasteiger partial charge on any atom is -0.396 e. The Morgan fingerprint density at radius 2 is 2.11 bits per heavy atom. The standard InChI is InChI=1S/C25H29N7O2S/c33-11-1-6-31-7-9-32(10-8-31)25(34)16-2-4-19-21(13-16)35-24-22(19)23(26-15-27-24)29-18-3-5-20-17(12-18)14-28-30-20/h3,5,12,14-16,33H,1-2,4,6-11,13H2,(H,28,30)(H,26,27,29). The molecule has 1 aromatic carbocycles. The molecular weight excluding hydrogens is 462 g/mol. The van der Waals surface area contributed by atoms with Crippen LogP contribution in [0.3, 0.4) is 0 Å². The van der Waals surface area contributed by atoms with Crippen molar-refractivity contribution >= 4 is 49.9 Å². The predicted molar refractivity (Wildman–Crippen MR) is 137 cm³/mol. The molecule has 10 heteroatoms. The van der Waals surface area contributed by atoms with Gasteiger partial charge in [-0.15, -0.1) is 11.3 Å². The molecule has 182 valence electrons. The number of nitrogens with zero attached hydrogens (tertiary/aromatic N) is 5. The van der Waals surface area contributed by atoms with Gasteiger partial charge in [0, 0.05) is 61.2 Å². The maximum Gasteiger partial charge on any atom is 0.226 e. The van der Waals surface area contributed by atoms with Gasteiger partial charge in [0.25, 0.3) is 0 Å². The van der Waals surface area contributed by atoms with Crippen LogP contribution in [0.4, 0.5) is 11.5 Å². The number of benzene rings is 1. The van der Waals surface area contributed by atoms with Crippen LogP contribution in [0.1, 0.15) is 23.3 Å². The van der Waals surface area contributed by atoms with Gasteiger partial charge in [0.2, 0.25) is 5.91 Å². The average molecular weight is 492 g/mol. The lowest BCUT2D eigenvalue weighted by Gasteiger charge is -2.37. The largest absolute Gasteiger partial charge is 0.396 e. The van der Waals surface area contributed by atoms with Gasteiger partial charge in [0.05, 0.1) is 17.1 Å². The quantitative estimate of drug-likeness (QED) is 0.380. The number of carbonyl (C=O) groups excluding carboxylic acids is 1. The number of hydrogen-bond donors (Lipinski definition) is 3. The summed E-state index contributed by atoms with van der Waals surface area (Å²) in [6.07, 6.45) is 6.72. The van der Waals surface area contributed by atoms with Crippen molar-refractivity contribution in [1.82, 2.24) is 30.0 Å². The molecule has 3 aromatic heterocycles. The molecule has 1 amide bonds. The Bertz CT molecular complexity index is 1360. The van der Waals surface area contributed by atoms with Gasteiger partial charge in [-0.3, -0.25) is 14.8 Å². The van der Waals surface area contributed by atoms with E-state index in [1.165, 1.54) is 10.4 Å². The van der Waals surface area contributed by atoms with Crippen LogP contribution in [0.2, 0.25) is 0 Å². The van der Waals surface area contributed by atoms with E-state index in [1.807, 2.05) is 23.2 Å². The van der Waals surface area contributed by atoms with Crippen molar-refractivity contribution in [2.45, 2.75) is 25.7 Å². The summed E-state index contributed by atoms with van der Waals surface area (Å²) in [5, 5.41) is 21.8. The van der Waals surface area contributed by atoms with Crippen LogP contribution < -0.4 is 5.32 Å². The number of aryl methyl sites for hydroxylation is 1. The summed E-state index contributed by atoms with van der Waals surface area (Å²) in [4.78, 5) is 29.1. The zero-order chi connectivity index (χ0) is 23.8. The number of H-pyrrole nitrogens is 1. The number of hydrogen-bond acceptors (Lipinski definition) is 8. The Morgan fingerprint density at radius 3 is 2.97 bits per heavy atom. The molecule has 1 saturated heterocycles. The first kappa shape index (κ1) is 22.4. The molecule has 35 heavy (non-hydrogen) atoms. The molecule has 9 nitrogen and oxygen atoms in total. The van der Waals surface area contributed by atoms with Crippen LogP contribution in [0.5, 0.6) is 0 Å². The highest BCUT2D eigenvalue weighted by molar-refractivity contribution is 7.19. The normalized spacial score (nSPS) is 18.8. The van der Waals surface area contributed by atoms with Crippen LogP contribution in [-0.4, -0.2) is 80.3 Å². The number of rotatable bonds is 6. The van der Waals surface area contributed by atoms with E-state index in [0.717, 1.165) is 91.0 Å². The molecule has 6 rings (SSSR count). The Morgan fingerprint density at radius 1 is 1.23 bits per heavy atom. The van der Waals surface area contributed by atoms with E-state index < -0.39 is 0 Å². The van der Waals surface area contributed by atoms with Crippen molar-refractivity contribution in [2.75, 3.05) is 44.6 Å². The second kappa shape index (κ2) is 9.52. The zero-order valence-electron chi connectivity index (χ0n) is 19.5. The Balaban J connectivity index is 1.18. The molecule has 4 aromatic rings. The third-order valence-corrected chi connectivity index (χ3v) is 8.38. The second-order valence-electron chi connectivity index (χ2n) is 9.39. The van der Waals surface area contributed by atoms with E-state index in [9.17, 15) is 4.79 Å². The van der Waals surface area contributed by atoms with E-state index in [1.54, 1.807) is 17.7 Å². The highest BCUT2D eigenvalue weighted by atomic mass is 32.1. The monoisotopic (exact) mass is 491 g/mol. The number of fused-ring (bicyclic) bond motifs is 4. The Kier molecular flexibility index (Phi) is 6.09. The van der Waals surface area contributed by atoms with E-state index >= 15 is 0 Å². The number of amides is 1. The highest BCUT2D eigenvalue weighted by Crippen LogP contribution is 2.41. The van der Waals surface area contributed by atoms with Gasteiger partial charge in [0.1, 0.15) is 17.0 Å². The number of thiophene rings is 1. The van der Waals surface area contributed by atoms with Crippen molar-refractivity contribution < 1.29 is 9.90 Å². The van der Waals surface area contributed by atoms with Crippen LogP contribution in [-0.2, 0) is 17.6 Å². The summed E-state index contributed by atoms with van der Waals surface area (Å²) in [6.45, 7) is 4.46. The van der Waals surface area contributed by atoms with Gasteiger partial charge in [-0.25, -0.2) is 9.97 Å². The summed E-state index contributed by atoms with van der Waals surface area (Å²) in [5.74, 6) is 1.14. The van der Waals surface area contributed by atoms with Crippen LogP contribution in [0.25, 0.3) is 21.1 Å². The number of aromatic nitrogens is 4. The average Bonchev–Trinajstić information content (AvgIpc) is 3.51. The fourth-order valence-electron chi connectivity index (χ4n) is 5.32. The molecule has 0 saturated carbocycles. The Labute approximate surface area is 207 Å². The molecule has 1 atom stereocenters. The number of anilines is 2. The van der Waals surface area contributed by atoms with E-state index in [4.69, 9.17) is 5.11 Å². The third kappa shape index (κ3) is 4.37. The number of nitrogens with one attached hydrogen (secondary N) is 2. The first-order chi connectivity index (χ1) is 17.2. The summed E-state index contributed by atoms with van der Waals surface area (Å²) in [7, 11) is 0. The molecule has 4 heterocycles. The lowest BCUT2D eigenvalue weighted by atomic mass is 9.86. The van der Waals surface area contributed by atoms with Crippen LogP contribution in [0.15, 0.2) is 30.7 Å².